The molecule has 1 aliphatic rings. The Hall–Kier alpha value is -4.11. The number of nitrogens with one attached hydrogen (secondary N) is 1. The molecule has 1 fully saturated rings. The lowest BCUT2D eigenvalue weighted by Crippen LogP contribution is -2.46. The average Bonchev–Trinajstić information content (AvgIpc) is 3.59. The van der Waals surface area contributed by atoms with Crippen LogP contribution in [0.2, 0.25) is 0 Å². The van der Waals surface area contributed by atoms with Crippen LogP contribution >= 0.6 is 0 Å². The molecule has 0 bridgehead atoms. The van der Waals surface area contributed by atoms with E-state index in [1.54, 1.807) is 12.1 Å². The van der Waals surface area contributed by atoms with E-state index in [2.05, 4.69) is 15.6 Å². The molecule has 9 heteroatoms. The van der Waals surface area contributed by atoms with Crippen molar-refractivity contribution in [2.75, 3.05) is 13.2 Å². The summed E-state index contributed by atoms with van der Waals surface area (Å²) in [4.78, 5) is 29.0. The highest BCUT2D eigenvalue weighted by molar-refractivity contribution is 5.89. The number of para-hydroxylation sites is 1. The summed E-state index contributed by atoms with van der Waals surface area (Å²) in [5.41, 5.74) is 2.77. The number of benzene rings is 3. The maximum atomic E-state index is 13.9. The summed E-state index contributed by atoms with van der Waals surface area (Å²) in [5.74, 6) is -0.994. The summed E-state index contributed by atoms with van der Waals surface area (Å²) in [7, 11) is 0. The third kappa shape index (κ3) is 5.83. The Balaban J connectivity index is 1.47. The number of carbonyl (C=O) groups excluding carboxylic acids is 2. The van der Waals surface area contributed by atoms with Gasteiger partial charge in [0.1, 0.15) is 23.9 Å². The van der Waals surface area contributed by atoms with Gasteiger partial charge in [0.2, 0.25) is 11.8 Å². The second kappa shape index (κ2) is 11.3. The molecule has 3 aromatic carbocycles. The summed E-state index contributed by atoms with van der Waals surface area (Å²) in [6.45, 7) is 1.06. The van der Waals surface area contributed by atoms with Crippen LogP contribution in [0.25, 0.3) is 11.0 Å². The van der Waals surface area contributed by atoms with E-state index in [1.807, 2.05) is 54.6 Å². The molecular formula is C28H28FN5O3. The fourth-order valence-electron chi connectivity index (χ4n) is 4.59. The van der Waals surface area contributed by atoms with Gasteiger partial charge in [-0.1, -0.05) is 59.8 Å². The number of aromatic nitrogens is 3. The van der Waals surface area contributed by atoms with Gasteiger partial charge in [0.05, 0.1) is 11.6 Å². The van der Waals surface area contributed by atoms with E-state index in [1.165, 1.54) is 21.7 Å². The molecule has 0 radical (unpaired) electrons. The predicted molar refractivity (Wildman–Crippen MR) is 136 cm³/mol. The molecule has 1 saturated heterocycles. The number of ether oxygens (including phenoxy) is 1. The predicted octanol–water partition coefficient (Wildman–Crippen LogP) is 3.64. The van der Waals surface area contributed by atoms with Crippen LogP contribution in [0.15, 0.2) is 78.9 Å². The van der Waals surface area contributed by atoms with Gasteiger partial charge in [-0.3, -0.25) is 9.59 Å². The number of amides is 2. The first-order valence-electron chi connectivity index (χ1n) is 12.3. The zero-order chi connectivity index (χ0) is 25.6. The van der Waals surface area contributed by atoms with Gasteiger partial charge < -0.3 is 15.0 Å². The molecule has 1 aliphatic heterocycles. The molecule has 4 aromatic rings. The third-order valence-electron chi connectivity index (χ3n) is 6.50. The van der Waals surface area contributed by atoms with Crippen molar-refractivity contribution in [1.82, 2.24) is 25.2 Å². The molecule has 37 heavy (non-hydrogen) atoms. The highest BCUT2D eigenvalue weighted by Gasteiger charge is 2.32. The minimum Gasteiger partial charge on any atom is -0.376 e. The fourth-order valence-corrected chi connectivity index (χ4v) is 4.59. The summed E-state index contributed by atoms with van der Waals surface area (Å²) in [6, 6.07) is 21.6. The van der Waals surface area contributed by atoms with Crippen molar-refractivity contribution in [3.8, 4) is 0 Å². The van der Waals surface area contributed by atoms with Gasteiger partial charge in [-0.25, -0.2) is 9.07 Å². The summed E-state index contributed by atoms with van der Waals surface area (Å²) < 4.78 is 20.8. The van der Waals surface area contributed by atoms with Crippen LogP contribution in [0.4, 0.5) is 4.39 Å². The maximum absolute atomic E-state index is 13.9. The Bertz CT molecular complexity index is 1350. The molecule has 2 heterocycles. The molecular weight excluding hydrogens is 473 g/mol. The first-order chi connectivity index (χ1) is 18.1. The van der Waals surface area contributed by atoms with E-state index in [4.69, 9.17) is 4.74 Å². The summed E-state index contributed by atoms with van der Waals surface area (Å²) in [5, 5.41) is 11.3. The van der Waals surface area contributed by atoms with Crippen LogP contribution in [-0.4, -0.2) is 51.0 Å². The van der Waals surface area contributed by atoms with Gasteiger partial charge >= 0.3 is 0 Å². The molecule has 1 aromatic heterocycles. The van der Waals surface area contributed by atoms with Gasteiger partial charge in [0, 0.05) is 19.7 Å². The topological polar surface area (TPSA) is 89.4 Å². The Morgan fingerprint density at radius 3 is 2.57 bits per heavy atom. The minimum atomic E-state index is -0.907. The standard InChI is InChI=1S/C28H28FN5O3/c29-22-14-12-20(13-15-22)18-33(26(35)19-34-25-11-5-4-10-24(25)31-32-34)27(21-7-2-1-3-8-21)28(36)30-17-23-9-6-16-37-23/h1-5,7-8,10-15,23,27H,6,9,16-19H2,(H,30,36)/t23-,27-/m0/s1. The van der Waals surface area contributed by atoms with Crippen LogP contribution in [0, 0.1) is 5.82 Å². The molecule has 0 saturated carbocycles. The number of hydrogen-bond donors (Lipinski definition) is 1. The largest absolute Gasteiger partial charge is 0.376 e. The molecule has 5 rings (SSSR count). The van der Waals surface area contributed by atoms with Crippen LogP contribution in [0.1, 0.15) is 30.0 Å². The van der Waals surface area contributed by atoms with Crippen LogP contribution < -0.4 is 5.32 Å². The number of carbonyl (C=O) groups is 2. The lowest BCUT2D eigenvalue weighted by Gasteiger charge is -2.32. The van der Waals surface area contributed by atoms with Crippen molar-refractivity contribution in [2.45, 2.75) is 38.1 Å². The number of hydrogen-bond acceptors (Lipinski definition) is 5. The fraction of sp³-hybridized carbons (Fsp3) is 0.286. The zero-order valence-corrected chi connectivity index (χ0v) is 20.3. The van der Waals surface area contributed by atoms with Crippen LogP contribution in [0.5, 0.6) is 0 Å². The van der Waals surface area contributed by atoms with Crippen molar-refractivity contribution in [3.63, 3.8) is 0 Å². The maximum Gasteiger partial charge on any atom is 0.247 e. The molecule has 0 aliphatic carbocycles. The highest BCUT2D eigenvalue weighted by atomic mass is 19.1. The molecule has 8 nitrogen and oxygen atoms in total. The first kappa shape index (κ1) is 24.6. The van der Waals surface area contributed by atoms with Gasteiger partial charge in [-0.05, 0) is 48.2 Å². The van der Waals surface area contributed by atoms with Crippen molar-refractivity contribution in [3.05, 3.63) is 95.8 Å². The monoisotopic (exact) mass is 501 g/mol. The molecule has 1 N–H and O–H groups in total. The molecule has 0 unspecified atom stereocenters. The van der Waals surface area contributed by atoms with E-state index in [9.17, 15) is 14.0 Å². The SMILES string of the molecule is O=C(NC[C@@H]1CCCO1)[C@H](c1ccccc1)N(Cc1ccc(F)cc1)C(=O)Cn1nnc2ccccc21. The van der Waals surface area contributed by atoms with Gasteiger partial charge in [-0.15, -0.1) is 5.10 Å². The Kier molecular flexibility index (Phi) is 7.51. The van der Waals surface area contributed by atoms with Crippen molar-refractivity contribution >= 4 is 22.8 Å². The van der Waals surface area contributed by atoms with Crippen molar-refractivity contribution in [2.24, 2.45) is 0 Å². The van der Waals surface area contributed by atoms with E-state index in [-0.39, 0.29) is 36.8 Å². The highest BCUT2D eigenvalue weighted by Crippen LogP contribution is 2.25. The average molecular weight is 502 g/mol. The molecule has 2 amide bonds. The van der Waals surface area contributed by atoms with Gasteiger partial charge in [0.25, 0.3) is 0 Å². The van der Waals surface area contributed by atoms with E-state index < -0.39 is 6.04 Å². The van der Waals surface area contributed by atoms with Crippen LogP contribution in [0.3, 0.4) is 0 Å². The number of nitrogens with zero attached hydrogens (tertiary/aromatic N) is 4. The van der Waals surface area contributed by atoms with E-state index in [0.29, 0.717) is 29.8 Å². The quantitative estimate of drug-likeness (QED) is 0.378. The smallest absolute Gasteiger partial charge is 0.247 e. The van der Waals surface area contributed by atoms with E-state index in [0.717, 1.165) is 18.4 Å². The second-order valence-electron chi connectivity index (χ2n) is 9.08. The summed E-state index contributed by atoms with van der Waals surface area (Å²) >= 11 is 0. The lowest BCUT2D eigenvalue weighted by molar-refractivity contribution is -0.142. The summed E-state index contributed by atoms with van der Waals surface area (Å²) in [6.07, 6.45) is 1.81. The number of rotatable bonds is 9. The van der Waals surface area contributed by atoms with Gasteiger partial charge in [0.15, 0.2) is 0 Å². The van der Waals surface area contributed by atoms with Crippen molar-refractivity contribution in [1.29, 1.82) is 0 Å². The van der Waals surface area contributed by atoms with Gasteiger partial charge in [-0.2, -0.15) is 0 Å². The van der Waals surface area contributed by atoms with Crippen LogP contribution in [-0.2, 0) is 27.4 Å². The lowest BCUT2D eigenvalue weighted by atomic mass is 10.0. The Morgan fingerprint density at radius 1 is 1.05 bits per heavy atom. The molecule has 2 atom stereocenters. The molecule has 190 valence electrons. The minimum absolute atomic E-state index is 0.0388. The first-order valence-corrected chi connectivity index (χ1v) is 12.3. The molecule has 0 spiro atoms. The van der Waals surface area contributed by atoms with E-state index >= 15 is 0 Å². The normalized spacial score (nSPS) is 16.0. The number of halogens is 1. The Morgan fingerprint density at radius 2 is 1.81 bits per heavy atom. The van der Waals surface area contributed by atoms with Crippen molar-refractivity contribution < 1.29 is 18.7 Å². The Labute approximate surface area is 214 Å². The zero-order valence-electron chi connectivity index (χ0n) is 20.3. The third-order valence-corrected chi connectivity index (χ3v) is 6.50. The number of fused-ring (bicyclic) bond motifs is 1. The second-order valence-corrected chi connectivity index (χ2v) is 9.08.